The Balaban J connectivity index is 2.09. The van der Waals surface area contributed by atoms with Crippen LogP contribution in [0.15, 0.2) is 51.4 Å². The van der Waals surface area contributed by atoms with Gasteiger partial charge in [-0.25, -0.2) is 19.9 Å². The standard InChI is InChI=1S/C12H8BrN5S/c13-9-10(14)16-6-18-12(9)19-11-7-3-1-2-4-8(7)15-5-17-11/h1-6H,(H2,14,16,18). The van der Waals surface area contributed by atoms with Crippen molar-refractivity contribution in [2.75, 3.05) is 5.73 Å². The fraction of sp³-hybridized carbons (Fsp3) is 0. The molecular formula is C12H8BrN5S. The van der Waals surface area contributed by atoms with Gasteiger partial charge in [-0.3, -0.25) is 0 Å². The molecule has 0 atom stereocenters. The lowest BCUT2D eigenvalue weighted by molar-refractivity contribution is 1.02. The maximum Gasteiger partial charge on any atom is 0.142 e. The van der Waals surface area contributed by atoms with E-state index in [9.17, 15) is 0 Å². The van der Waals surface area contributed by atoms with Crippen LogP contribution in [0, 0.1) is 0 Å². The van der Waals surface area contributed by atoms with Gasteiger partial charge in [0.15, 0.2) is 0 Å². The first-order chi connectivity index (χ1) is 9.25. The molecule has 3 aromatic rings. The molecule has 0 amide bonds. The Bertz CT molecular complexity index is 744. The van der Waals surface area contributed by atoms with Crippen molar-refractivity contribution < 1.29 is 0 Å². The van der Waals surface area contributed by atoms with Crippen LogP contribution in [0.4, 0.5) is 5.82 Å². The van der Waals surface area contributed by atoms with Crippen molar-refractivity contribution in [1.29, 1.82) is 0 Å². The Kier molecular flexibility index (Phi) is 3.31. The Morgan fingerprint density at radius 1 is 0.947 bits per heavy atom. The molecule has 7 heteroatoms. The normalized spacial score (nSPS) is 10.8. The fourth-order valence-corrected chi connectivity index (χ4v) is 2.90. The molecule has 0 saturated carbocycles. The quantitative estimate of drug-likeness (QED) is 0.726. The van der Waals surface area contributed by atoms with Crippen LogP contribution in [0.2, 0.25) is 0 Å². The van der Waals surface area contributed by atoms with Crippen molar-refractivity contribution in [3.63, 3.8) is 0 Å². The van der Waals surface area contributed by atoms with E-state index in [2.05, 4.69) is 35.9 Å². The number of nitrogens with two attached hydrogens (primary N) is 1. The summed E-state index contributed by atoms with van der Waals surface area (Å²) in [5, 5.41) is 2.56. The fourth-order valence-electron chi connectivity index (χ4n) is 1.59. The predicted molar refractivity (Wildman–Crippen MR) is 77.8 cm³/mol. The second-order valence-corrected chi connectivity index (χ2v) is 5.45. The summed E-state index contributed by atoms with van der Waals surface area (Å²) in [5.74, 6) is 0.413. The van der Waals surface area contributed by atoms with E-state index < -0.39 is 0 Å². The third-order valence-electron chi connectivity index (χ3n) is 2.48. The van der Waals surface area contributed by atoms with Crippen LogP contribution in [0.3, 0.4) is 0 Å². The van der Waals surface area contributed by atoms with Crippen molar-refractivity contribution in [1.82, 2.24) is 19.9 Å². The first-order valence-electron chi connectivity index (χ1n) is 5.39. The largest absolute Gasteiger partial charge is 0.383 e. The van der Waals surface area contributed by atoms with Crippen LogP contribution in [0.1, 0.15) is 0 Å². The van der Waals surface area contributed by atoms with Gasteiger partial charge >= 0.3 is 0 Å². The van der Waals surface area contributed by atoms with Crippen molar-refractivity contribution in [3.05, 3.63) is 41.4 Å². The van der Waals surface area contributed by atoms with E-state index in [0.717, 1.165) is 21.0 Å². The number of anilines is 1. The summed E-state index contributed by atoms with van der Waals surface area (Å²) in [5.41, 5.74) is 6.64. The number of halogens is 1. The lowest BCUT2D eigenvalue weighted by Gasteiger charge is -2.06. The van der Waals surface area contributed by atoms with E-state index in [0.29, 0.717) is 10.3 Å². The van der Waals surface area contributed by atoms with E-state index in [4.69, 9.17) is 5.73 Å². The van der Waals surface area contributed by atoms with E-state index >= 15 is 0 Å². The smallest absolute Gasteiger partial charge is 0.142 e. The zero-order chi connectivity index (χ0) is 13.2. The average molecular weight is 334 g/mol. The minimum absolute atomic E-state index is 0.413. The molecule has 94 valence electrons. The Morgan fingerprint density at radius 2 is 1.68 bits per heavy atom. The molecule has 0 aliphatic heterocycles. The molecule has 0 bridgehead atoms. The first-order valence-corrected chi connectivity index (χ1v) is 7.00. The SMILES string of the molecule is Nc1ncnc(Sc2ncnc3ccccc23)c1Br. The number of hydrogen-bond donors (Lipinski definition) is 1. The molecule has 19 heavy (non-hydrogen) atoms. The van der Waals surface area contributed by atoms with Crippen molar-refractivity contribution in [3.8, 4) is 0 Å². The highest BCUT2D eigenvalue weighted by Gasteiger charge is 2.11. The third kappa shape index (κ3) is 2.39. The van der Waals surface area contributed by atoms with Crippen LogP contribution in [0.5, 0.6) is 0 Å². The number of benzene rings is 1. The van der Waals surface area contributed by atoms with Crippen LogP contribution < -0.4 is 5.73 Å². The number of fused-ring (bicyclic) bond motifs is 1. The van der Waals surface area contributed by atoms with Crippen LogP contribution >= 0.6 is 27.7 Å². The summed E-state index contributed by atoms with van der Waals surface area (Å²) < 4.78 is 0.683. The van der Waals surface area contributed by atoms with Gasteiger partial charge in [0, 0.05) is 5.39 Å². The zero-order valence-corrected chi connectivity index (χ0v) is 12.0. The van der Waals surface area contributed by atoms with Gasteiger partial charge < -0.3 is 5.73 Å². The Hall–Kier alpha value is -1.73. The molecule has 0 unspecified atom stereocenters. The van der Waals surface area contributed by atoms with Gasteiger partial charge in [-0.2, -0.15) is 0 Å². The monoisotopic (exact) mass is 333 g/mol. The number of hydrogen-bond acceptors (Lipinski definition) is 6. The molecule has 5 nitrogen and oxygen atoms in total. The number of rotatable bonds is 2. The van der Waals surface area contributed by atoms with Crippen LogP contribution in [-0.2, 0) is 0 Å². The lowest BCUT2D eigenvalue weighted by Crippen LogP contribution is -1.95. The predicted octanol–water partition coefficient (Wildman–Crippen LogP) is 2.92. The maximum atomic E-state index is 5.74. The van der Waals surface area contributed by atoms with Crippen molar-refractivity contribution in [2.45, 2.75) is 10.1 Å². The molecule has 0 fully saturated rings. The van der Waals surface area contributed by atoms with Gasteiger partial charge in [0.1, 0.15) is 28.5 Å². The summed E-state index contributed by atoms with van der Waals surface area (Å²) in [6.45, 7) is 0. The number of para-hydroxylation sites is 1. The maximum absolute atomic E-state index is 5.74. The molecule has 2 aromatic heterocycles. The van der Waals surface area contributed by atoms with Crippen molar-refractivity contribution in [2.24, 2.45) is 0 Å². The molecule has 0 saturated heterocycles. The molecule has 0 spiro atoms. The highest BCUT2D eigenvalue weighted by molar-refractivity contribution is 9.10. The molecule has 3 rings (SSSR count). The third-order valence-corrected chi connectivity index (χ3v) is 4.55. The minimum atomic E-state index is 0.413. The van der Waals surface area contributed by atoms with Crippen LogP contribution in [-0.4, -0.2) is 19.9 Å². The number of nitrogens with zero attached hydrogens (tertiary/aromatic N) is 4. The summed E-state index contributed by atoms with van der Waals surface area (Å²) in [4.78, 5) is 16.7. The van der Waals surface area contributed by atoms with E-state index in [1.54, 1.807) is 6.33 Å². The van der Waals surface area contributed by atoms with Gasteiger partial charge in [-0.1, -0.05) is 18.2 Å². The zero-order valence-electron chi connectivity index (χ0n) is 9.62. The second kappa shape index (κ2) is 5.10. The molecule has 2 N–H and O–H groups in total. The van der Waals surface area contributed by atoms with Crippen molar-refractivity contribution >= 4 is 44.4 Å². The van der Waals surface area contributed by atoms with Gasteiger partial charge in [0.25, 0.3) is 0 Å². The highest BCUT2D eigenvalue weighted by Crippen LogP contribution is 2.35. The highest BCUT2D eigenvalue weighted by atomic mass is 79.9. The molecule has 0 radical (unpaired) electrons. The van der Waals surface area contributed by atoms with Crippen LogP contribution in [0.25, 0.3) is 10.9 Å². The Labute approximate surface area is 121 Å². The Morgan fingerprint density at radius 3 is 2.58 bits per heavy atom. The summed E-state index contributed by atoms with van der Waals surface area (Å²) in [7, 11) is 0. The number of aromatic nitrogens is 4. The van der Waals surface area contributed by atoms with Gasteiger partial charge in [-0.05, 0) is 33.8 Å². The summed E-state index contributed by atoms with van der Waals surface area (Å²) in [6.07, 6.45) is 2.98. The first kappa shape index (κ1) is 12.3. The van der Waals surface area contributed by atoms with E-state index in [1.807, 2.05) is 24.3 Å². The van der Waals surface area contributed by atoms with E-state index in [-0.39, 0.29) is 0 Å². The molecule has 2 heterocycles. The van der Waals surface area contributed by atoms with E-state index in [1.165, 1.54) is 18.1 Å². The van der Waals surface area contributed by atoms with Gasteiger partial charge in [0.05, 0.1) is 9.99 Å². The minimum Gasteiger partial charge on any atom is -0.383 e. The average Bonchev–Trinajstić information content (AvgIpc) is 2.44. The lowest BCUT2D eigenvalue weighted by atomic mass is 10.2. The molecule has 0 aliphatic carbocycles. The number of nitrogen functional groups attached to an aromatic ring is 1. The van der Waals surface area contributed by atoms with Gasteiger partial charge in [-0.15, -0.1) is 0 Å². The topological polar surface area (TPSA) is 77.6 Å². The van der Waals surface area contributed by atoms with Gasteiger partial charge in [0.2, 0.25) is 0 Å². The molecule has 1 aromatic carbocycles. The summed E-state index contributed by atoms with van der Waals surface area (Å²) in [6, 6.07) is 7.84. The summed E-state index contributed by atoms with van der Waals surface area (Å²) >= 11 is 4.82. The molecule has 0 aliphatic rings. The second-order valence-electron chi connectivity index (χ2n) is 3.68. The molecular weight excluding hydrogens is 326 g/mol.